The van der Waals surface area contributed by atoms with Gasteiger partial charge in [-0.15, -0.1) is 0 Å². The molecule has 0 aliphatic carbocycles. The second-order valence-corrected chi connectivity index (χ2v) is 22.0. The van der Waals surface area contributed by atoms with Crippen molar-refractivity contribution in [1.82, 2.24) is 0 Å². The van der Waals surface area contributed by atoms with Crippen LogP contribution in [0.25, 0.3) is 0 Å². The molecule has 0 radical (unpaired) electrons. The Hall–Kier alpha value is -3.93. The van der Waals surface area contributed by atoms with E-state index in [1.165, 1.54) is 167 Å². The minimum Gasteiger partial charge on any atom is -0.462 e. The molecule has 0 aliphatic rings. The van der Waals surface area contributed by atoms with E-state index in [1.807, 2.05) is 0 Å². The normalized spacial score (nSPS) is 12.8. The summed E-state index contributed by atoms with van der Waals surface area (Å²) in [6.07, 6.45) is 90.9. The molecular formula is C73H124O6. The van der Waals surface area contributed by atoms with Gasteiger partial charge in [0.25, 0.3) is 0 Å². The lowest BCUT2D eigenvalue weighted by atomic mass is 10.0. The third-order valence-corrected chi connectivity index (χ3v) is 14.2. The van der Waals surface area contributed by atoms with Crippen LogP contribution in [0, 0.1) is 0 Å². The van der Waals surface area contributed by atoms with Gasteiger partial charge in [0, 0.05) is 19.3 Å². The molecule has 0 rings (SSSR count). The van der Waals surface area contributed by atoms with Gasteiger partial charge in [0.1, 0.15) is 13.2 Å². The van der Waals surface area contributed by atoms with Gasteiger partial charge in [0.05, 0.1) is 0 Å². The van der Waals surface area contributed by atoms with Gasteiger partial charge in [-0.3, -0.25) is 14.4 Å². The van der Waals surface area contributed by atoms with Crippen LogP contribution in [-0.2, 0) is 28.6 Å². The molecular weight excluding hydrogens is 973 g/mol. The van der Waals surface area contributed by atoms with Crippen LogP contribution in [0.1, 0.15) is 316 Å². The number of hydrogen-bond donors (Lipinski definition) is 0. The zero-order valence-corrected chi connectivity index (χ0v) is 51.9. The number of hydrogen-bond acceptors (Lipinski definition) is 6. The molecule has 0 aromatic carbocycles. The summed E-state index contributed by atoms with van der Waals surface area (Å²) < 4.78 is 16.9. The Morgan fingerprint density at radius 2 is 0.494 bits per heavy atom. The predicted molar refractivity (Wildman–Crippen MR) is 343 cm³/mol. The van der Waals surface area contributed by atoms with Crippen molar-refractivity contribution < 1.29 is 28.6 Å². The molecule has 6 nitrogen and oxygen atoms in total. The number of ether oxygens (including phenoxy) is 3. The fraction of sp³-hybridized carbons (Fsp3) is 0.712. The van der Waals surface area contributed by atoms with Crippen molar-refractivity contribution in [2.45, 2.75) is 322 Å². The Kier molecular flexibility index (Phi) is 63.3. The zero-order valence-electron chi connectivity index (χ0n) is 51.9. The Labute approximate surface area is 489 Å². The van der Waals surface area contributed by atoms with Gasteiger partial charge in [0.2, 0.25) is 0 Å². The number of rotatable bonds is 60. The van der Waals surface area contributed by atoms with Gasteiger partial charge in [0.15, 0.2) is 6.10 Å². The number of allylic oxidation sites excluding steroid dienone is 18. The summed E-state index contributed by atoms with van der Waals surface area (Å²) in [6.45, 7) is 6.49. The average Bonchev–Trinajstić information content (AvgIpc) is 3.45. The number of carbonyl (C=O) groups excluding carboxylic acids is 3. The zero-order chi connectivity index (χ0) is 57.1. The van der Waals surface area contributed by atoms with E-state index in [2.05, 4.69) is 130 Å². The maximum absolute atomic E-state index is 12.9. The second kappa shape index (κ2) is 66.6. The molecule has 6 heteroatoms. The fourth-order valence-electron chi connectivity index (χ4n) is 9.24. The molecule has 0 saturated heterocycles. The van der Waals surface area contributed by atoms with E-state index in [1.54, 1.807) is 0 Å². The van der Waals surface area contributed by atoms with Crippen molar-refractivity contribution in [3.8, 4) is 0 Å². The van der Waals surface area contributed by atoms with E-state index in [0.717, 1.165) is 109 Å². The SMILES string of the molecule is CC/C=C\C/C=C\C/C=C\C/C=C\C/C=C\CCCCCC(=O)OC(COC(=O)CCCCCCCCCCC/C=C\C/C=C\CCCCC)COC(=O)CCCCCCCCCCCCC/C=C\C/C=C\CCCCCCC. The molecule has 0 amide bonds. The molecule has 0 spiro atoms. The summed E-state index contributed by atoms with van der Waals surface area (Å²) in [7, 11) is 0. The smallest absolute Gasteiger partial charge is 0.306 e. The maximum atomic E-state index is 12.9. The first-order chi connectivity index (χ1) is 39.0. The highest BCUT2D eigenvalue weighted by Gasteiger charge is 2.19. The van der Waals surface area contributed by atoms with E-state index in [9.17, 15) is 14.4 Å². The highest BCUT2D eigenvalue weighted by molar-refractivity contribution is 5.71. The summed E-state index contributed by atoms with van der Waals surface area (Å²) in [5.74, 6) is -0.923. The second-order valence-electron chi connectivity index (χ2n) is 22.0. The molecule has 0 N–H and O–H groups in total. The minimum atomic E-state index is -0.802. The van der Waals surface area contributed by atoms with Gasteiger partial charge in [-0.1, -0.05) is 278 Å². The largest absolute Gasteiger partial charge is 0.462 e. The van der Waals surface area contributed by atoms with Gasteiger partial charge in [-0.05, 0) is 128 Å². The lowest BCUT2D eigenvalue weighted by molar-refractivity contribution is -0.167. The van der Waals surface area contributed by atoms with E-state index < -0.39 is 6.10 Å². The molecule has 0 fully saturated rings. The first-order valence-corrected chi connectivity index (χ1v) is 33.4. The quantitative estimate of drug-likeness (QED) is 0.0261. The third kappa shape index (κ3) is 64.8. The molecule has 79 heavy (non-hydrogen) atoms. The van der Waals surface area contributed by atoms with Crippen molar-refractivity contribution >= 4 is 17.9 Å². The van der Waals surface area contributed by atoms with Gasteiger partial charge < -0.3 is 14.2 Å². The van der Waals surface area contributed by atoms with Crippen molar-refractivity contribution in [1.29, 1.82) is 0 Å². The molecule has 1 unspecified atom stereocenters. The molecule has 0 aromatic heterocycles. The van der Waals surface area contributed by atoms with Crippen LogP contribution >= 0.6 is 0 Å². The Morgan fingerprint density at radius 3 is 0.810 bits per heavy atom. The summed E-state index contributed by atoms with van der Waals surface area (Å²) >= 11 is 0. The summed E-state index contributed by atoms with van der Waals surface area (Å²) in [5, 5.41) is 0. The first-order valence-electron chi connectivity index (χ1n) is 33.4. The molecule has 0 bridgehead atoms. The number of carbonyl (C=O) groups is 3. The standard InChI is InChI=1S/C73H124O6/c1-4-7-10-13-16-19-22-25-28-31-34-35-36-37-40-42-45-48-51-54-57-60-63-66-72(75)78-69-70(79-73(76)67-64-61-58-55-52-49-46-43-39-33-30-27-24-21-18-15-12-9-6-3)68-77-71(74)65-62-59-56-53-50-47-44-41-38-32-29-26-23-20-17-14-11-8-5-2/h9,12,17-18,20-22,25-27,29-31,34,39,43,49,52,70H,4-8,10-11,13-16,19,23-24,28,32-33,35-38,40-42,44-48,50-51,53-69H2,1-3H3/b12-9-,20-17-,21-18-,25-22-,29-26-,30-27-,34-31-,43-39-,52-49-. The van der Waals surface area contributed by atoms with Gasteiger partial charge in [-0.25, -0.2) is 0 Å². The van der Waals surface area contributed by atoms with Crippen LogP contribution in [-0.4, -0.2) is 37.2 Å². The summed E-state index contributed by atoms with van der Waals surface area (Å²) in [6, 6.07) is 0. The molecule has 0 heterocycles. The van der Waals surface area contributed by atoms with E-state index in [0.29, 0.717) is 12.8 Å². The van der Waals surface area contributed by atoms with Crippen LogP contribution in [0.3, 0.4) is 0 Å². The van der Waals surface area contributed by atoms with Gasteiger partial charge in [-0.2, -0.15) is 0 Å². The minimum absolute atomic E-state index is 0.0941. The number of esters is 3. The molecule has 1 atom stereocenters. The first kappa shape index (κ1) is 75.1. The number of unbranched alkanes of at least 4 members (excludes halogenated alkanes) is 31. The average molecular weight is 1100 g/mol. The molecule has 0 saturated carbocycles. The van der Waals surface area contributed by atoms with Crippen LogP contribution in [0.5, 0.6) is 0 Å². The van der Waals surface area contributed by atoms with Crippen LogP contribution in [0.15, 0.2) is 109 Å². The van der Waals surface area contributed by atoms with Crippen LogP contribution in [0.2, 0.25) is 0 Å². The highest BCUT2D eigenvalue weighted by atomic mass is 16.6. The van der Waals surface area contributed by atoms with Gasteiger partial charge >= 0.3 is 17.9 Å². The lowest BCUT2D eigenvalue weighted by Crippen LogP contribution is -2.30. The third-order valence-electron chi connectivity index (χ3n) is 14.2. The van der Waals surface area contributed by atoms with E-state index >= 15 is 0 Å². The van der Waals surface area contributed by atoms with E-state index in [-0.39, 0.29) is 37.5 Å². The molecule has 0 aliphatic heterocycles. The highest BCUT2D eigenvalue weighted by Crippen LogP contribution is 2.16. The fourth-order valence-corrected chi connectivity index (χ4v) is 9.24. The van der Waals surface area contributed by atoms with Crippen molar-refractivity contribution in [2.24, 2.45) is 0 Å². The Morgan fingerprint density at radius 1 is 0.266 bits per heavy atom. The van der Waals surface area contributed by atoms with E-state index in [4.69, 9.17) is 14.2 Å². The van der Waals surface area contributed by atoms with Crippen molar-refractivity contribution in [3.05, 3.63) is 109 Å². The topological polar surface area (TPSA) is 78.9 Å². The molecule has 452 valence electrons. The monoisotopic (exact) mass is 1100 g/mol. The Bertz CT molecular complexity index is 1590. The maximum Gasteiger partial charge on any atom is 0.306 e. The summed E-state index contributed by atoms with van der Waals surface area (Å²) in [4.78, 5) is 38.4. The van der Waals surface area contributed by atoms with Crippen LogP contribution < -0.4 is 0 Å². The van der Waals surface area contributed by atoms with Crippen LogP contribution in [0.4, 0.5) is 0 Å². The predicted octanol–water partition coefficient (Wildman–Crippen LogP) is 23.0. The molecule has 0 aromatic rings. The summed E-state index contributed by atoms with van der Waals surface area (Å²) in [5.41, 5.74) is 0. The van der Waals surface area contributed by atoms with Crippen molar-refractivity contribution in [2.75, 3.05) is 13.2 Å². The lowest BCUT2D eigenvalue weighted by Gasteiger charge is -2.18. The Balaban J connectivity index is 4.43. The van der Waals surface area contributed by atoms with Crippen molar-refractivity contribution in [3.63, 3.8) is 0 Å².